The van der Waals surface area contributed by atoms with Gasteiger partial charge in [0.2, 0.25) is 0 Å². The summed E-state index contributed by atoms with van der Waals surface area (Å²) in [6, 6.07) is 13.4. The van der Waals surface area contributed by atoms with Crippen molar-refractivity contribution in [2.24, 2.45) is 0 Å². The number of aliphatic hydroxyl groups is 1. The maximum atomic E-state index is 10.6. The average molecular weight is 396 g/mol. The van der Waals surface area contributed by atoms with Crippen LogP contribution in [0.25, 0.3) is 0 Å². The molecule has 1 aromatic heterocycles. The molecule has 26 heavy (non-hydrogen) atoms. The number of piperidine rings is 1. The maximum Gasteiger partial charge on any atom is 0.122 e. The molecule has 2 aromatic rings. The zero-order valence-electron chi connectivity index (χ0n) is 15.6. The van der Waals surface area contributed by atoms with Gasteiger partial charge in [0, 0.05) is 29.8 Å². The van der Waals surface area contributed by atoms with Crippen molar-refractivity contribution in [1.82, 2.24) is 4.90 Å². The molecule has 1 fully saturated rings. The molecular weight excluding hydrogens is 366 g/mol. The smallest absolute Gasteiger partial charge is 0.122 e. The van der Waals surface area contributed by atoms with Gasteiger partial charge in [0.1, 0.15) is 12.0 Å². The number of halogens is 1. The average Bonchev–Trinajstić information content (AvgIpc) is 3.09. The molecule has 0 aliphatic carbocycles. The number of benzene rings is 1. The summed E-state index contributed by atoms with van der Waals surface area (Å²) in [6.45, 7) is 4.98. The molecule has 5 heteroatoms. The van der Waals surface area contributed by atoms with Gasteiger partial charge >= 0.3 is 0 Å². The molecule has 1 N–H and O–H groups in total. The molecule has 0 saturated carbocycles. The fraction of sp³-hybridized carbons (Fsp3) is 0.524. The first-order valence-corrected chi connectivity index (χ1v) is 10.2. The van der Waals surface area contributed by atoms with Crippen molar-refractivity contribution in [2.45, 2.75) is 64.3 Å². The van der Waals surface area contributed by atoms with E-state index in [1.54, 1.807) is 11.3 Å². The molecule has 3 nitrogen and oxygen atoms in total. The summed E-state index contributed by atoms with van der Waals surface area (Å²) < 4.78 is 6.04. The summed E-state index contributed by atoms with van der Waals surface area (Å²) in [7, 11) is 0. The van der Waals surface area contributed by atoms with E-state index in [4.69, 9.17) is 4.74 Å². The number of nitrogens with zero attached hydrogens (tertiary/aromatic N) is 1. The van der Waals surface area contributed by atoms with Crippen molar-refractivity contribution in [2.75, 3.05) is 6.61 Å². The third-order valence-corrected chi connectivity index (χ3v) is 6.03. The molecule has 1 saturated heterocycles. The number of para-hydroxylation sites is 1. The predicted molar refractivity (Wildman–Crippen MR) is 112 cm³/mol. The van der Waals surface area contributed by atoms with E-state index in [9.17, 15) is 5.11 Å². The predicted octanol–water partition coefficient (Wildman–Crippen LogP) is 5.11. The van der Waals surface area contributed by atoms with Crippen molar-refractivity contribution < 1.29 is 9.84 Å². The Labute approximate surface area is 167 Å². The summed E-state index contributed by atoms with van der Waals surface area (Å²) in [5.74, 6) is 0.933. The van der Waals surface area contributed by atoms with Crippen LogP contribution < -0.4 is 4.74 Å². The Morgan fingerprint density at radius 2 is 1.88 bits per heavy atom. The topological polar surface area (TPSA) is 32.7 Å². The molecule has 0 spiro atoms. The molecular formula is C21H30ClNO2S. The number of aliphatic hydroxyl groups excluding tert-OH is 1. The Balaban J connectivity index is 0.00000243. The monoisotopic (exact) mass is 395 g/mol. The van der Waals surface area contributed by atoms with Gasteiger partial charge in [-0.05, 0) is 49.8 Å². The van der Waals surface area contributed by atoms with E-state index in [1.165, 1.54) is 29.7 Å². The number of hydrogen-bond acceptors (Lipinski definition) is 4. The molecule has 3 unspecified atom stereocenters. The molecule has 1 aromatic carbocycles. The molecule has 1 aliphatic heterocycles. The van der Waals surface area contributed by atoms with Crippen LogP contribution in [0.15, 0.2) is 41.8 Å². The normalized spacial score (nSPS) is 21.8. The van der Waals surface area contributed by atoms with Crippen LogP contribution in [0, 0.1) is 0 Å². The molecule has 1 aliphatic rings. The molecule has 3 rings (SSSR count). The Morgan fingerprint density at radius 3 is 2.58 bits per heavy atom. The summed E-state index contributed by atoms with van der Waals surface area (Å²) >= 11 is 1.77. The van der Waals surface area contributed by atoms with Gasteiger partial charge in [-0.1, -0.05) is 30.7 Å². The van der Waals surface area contributed by atoms with Crippen LogP contribution in [0.5, 0.6) is 5.75 Å². The van der Waals surface area contributed by atoms with Crippen molar-refractivity contribution in [3.05, 3.63) is 52.2 Å². The minimum Gasteiger partial charge on any atom is -0.493 e. The first kappa shape index (κ1) is 21.2. The van der Waals surface area contributed by atoms with Crippen molar-refractivity contribution in [1.29, 1.82) is 0 Å². The third-order valence-electron chi connectivity index (χ3n) is 5.16. The van der Waals surface area contributed by atoms with E-state index in [2.05, 4.69) is 48.4 Å². The second kappa shape index (κ2) is 10.3. The highest BCUT2D eigenvalue weighted by Crippen LogP contribution is 2.26. The fourth-order valence-corrected chi connectivity index (χ4v) is 4.57. The Hall–Kier alpha value is -1.07. The van der Waals surface area contributed by atoms with Crippen molar-refractivity contribution >= 4 is 23.7 Å². The lowest BCUT2D eigenvalue weighted by Gasteiger charge is -2.42. The summed E-state index contributed by atoms with van der Waals surface area (Å²) in [5.41, 5.74) is 1.21. The van der Waals surface area contributed by atoms with Gasteiger partial charge in [0.15, 0.2) is 0 Å². The van der Waals surface area contributed by atoms with E-state index < -0.39 is 6.23 Å². The van der Waals surface area contributed by atoms with E-state index in [0.717, 1.165) is 12.2 Å². The molecule has 0 amide bonds. The SMILES string of the molecule is CC1CCCC(C)N1C(O)CCOc1ccccc1Cc1cccs1.Cl. The van der Waals surface area contributed by atoms with Gasteiger partial charge in [-0.2, -0.15) is 0 Å². The number of likely N-dealkylation sites (tertiary alicyclic amines) is 1. The van der Waals surface area contributed by atoms with Gasteiger partial charge in [0.05, 0.1) is 6.61 Å². The van der Waals surface area contributed by atoms with Crippen molar-refractivity contribution in [3.63, 3.8) is 0 Å². The molecule has 3 atom stereocenters. The largest absolute Gasteiger partial charge is 0.493 e. The fourth-order valence-electron chi connectivity index (χ4n) is 3.84. The van der Waals surface area contributed by atoms with Crippen LogP contribution in [0.3, 0.4) is 0 Å². The molecule has 0 radical (unpaired) electrons. The Kier molecular flexibility index (Phi) is 8.42. The van der Waals surface area contributed by atoms with Crippen LogP contribution in [0.2, 0.25) is 0 Å². The van der Waals surface area contributed by atoms with E-state index in [0.29, 0.717) is 25.1 Å². The number of thiophene rings is 1. The minimum absolute atomic E-state index is 0. The van der Waals surface area contributed by atoms with Crippen LogP contribution in [-0.4, -0.2) is 34.9 Å². The van der Waals surface area contributed by atoms with E-state index >= 15 is 0 Å². The zero-order valence-corrected chi connectivity index (χ0v) is 17.3. The van der Waals surface area contributed by atoms with Crippen molar-refractivity contribution in [3.8, 4) is 5.75 Å². The van der Waals surface area contributed by atoms with Crippen LogP contribution >= 0.6 is 23.7 Å². The highest BCUT2D eigenvalue weighted by molar-refractivity contribution is 7.09. The van der Waals surface area contributed by atoms with Crippen LogP contribution in [-0.2, 0) is 6.42 Å². The van der Waals surface area contributed by atoms with Gasteiger partial charge in [0.25, 0.3) is 0 Å². The summed E-state index contributed by atoms with van der Waals surface area (Å²) in [6.07, 6.45) is 4.73. The second-order valence-electron chi connectivity index (χ2n) is 7.06. The summed E-state index contributed by atoms with van der Waals surface area (Å²) in [5, 5.41) is 12.7. The maximum absolute atomic E-state index is 10.6. The first-order valence-electron chi connectivity index (χ1n) is 9.33. The summed E-state index contributed by atoms with van der Waals surface area (Å²) in [4.78, 5) is 3.59. The Bertz CT molecular complexity index is 639. The first-order chi connectivity index (χ1) is 12.1. The third kappa shape index (κ3) is 5.46. The van der Waals surface area contributed by atoms with Gasteiger partial charge in [-0.25, -0.2) is 0 Å². The van der Waals surface area contributed by atoms with Crippen LogP contribution in [0.4, 0.5) is 0 Å². The minimum atomic E-state index is -0.422. The highest BCUT2D eigenvalue weighted by atomic mass is 35.5. The lowest BCUT2D eigenvalue weighted by atomic mass is 9.97. The van der Waals surface area contributed by atoms with Crippen LogP contribution in [0.1, 0.15) is 50.0 Å². The number of ether oxygens (including phenoxy) is 1. The zero-order chi connectivity index (χ0) is 17.6. The number of hydrogen-bond donors (Lipinski definition) is 1. The lowest BCUT2D eigenvalue weighted by Crippen LogP contribution is -2.50. The standard InChI is InChI=1S/C21H29NO2S.ClH/c1-16-7-5-8-17(2)22(16)21(23)12-13-24-20-11-4-3-9-18(20)15-19-10-6-14-25-19;/h3-4,6,9-11,14,16-17,21,23H,5,7-8,12-13,15H2,1-2H3;1H. The Morgan fingerprint density at radius 1 is 1.15 bits per heavy atom. The molecule has 144 valence electrons. The molecule has 2 heterocycles. The van der Waals surface area contributed by atoms with E-state index in [1.807, 2.05) is 12.1 Å². The van der Waals surface area contributed by atoms with E-state index in [-0.39, 0.29) is 12.4 Å². The van der Waals surface area contributed by atoms with Gasteiger partial charge in [-0.15, -0.1) is 23.7 Å². The number of rotatable bonds is 7. The lowest BCUT2D eigenvalue weighted by molar-refractivity contribution is -0.0718. The second-order valence-corrected chi connectivity index (χ2v) is 8.09. The van der Waals surface area contributed by atoms with Gasteiger partial charge in [-0.3, -0.25) is 4.90 Å². The quantitative estimate of drug-likeness (QED) is 0.706. The highest BCUT2D eigenvalue weighted by Gasteiger charge is 2.29. The molecule has 0 bridgehead atoms. The van der Waals surface area contributed by atoms with Gasteiger partial charge < -0.3 is 9.84 Å².